The molecule has 0 aliphatic carbocycles. The fourth-order valence-electron chi connectivity index (χ4n) is 2.73. The maximum absolute atomic E-state index is 5.88. The van der Waals surface area contributed by atoms with Crippen LogP contribution in [0.1, 0.15) is 20.8 Å². The number of nitrogens with zero attached hydrogens (tertiary/aromatic N) is 6. The number of anilines is 1. The van der Waals surface area contributed by atoms with E-state index < -0.39 is 0 Å². The van der Waals surface area contributed by atoms with Crippen molar-refractivity contribution in [1.29, 1.82) is 0 Å². The lowest BCUT2D eigenvalue weighted by Gasteiger charge is -2.19. The Labute approximate surface area is 210 Å². The zero-order chi connectivity index (χ0) is 25.2. The molecule has 4 heterocycles. The summed E-state index contributed by atoms with van der Waals surface area (Å²) in [4.78, 5) is 25.4. The molecule has 10 heteroatoms. The minimum absolute atomic E-state index is 0.285. The van der Waals surface area contributed by atoms with Crippen LogP contribution in [0.5, 0.6) is 11.5 Å². The van der Waals surface area contributed by atoms with E-state index in [-0.39, 0.29) is 11.2 Å². The molecule has 0 saturated carbocycles. The molecule has 182 valence electrons. The van der Waals surface area contributed by atoms with E-state index >= 15 is 0 Å². The second-order valence-electron chi connectivity index (χ2n) is 7.77. The molecule has 0 amide bonds. The first-order valence-corrected chi connectivity index (χ1v) is 11.4. The Morgan fingerprint density at radius 2 is 1.29 bits per heavy atom. The zero-order valence-electron chi connectivity index (χ0n) is 20.3. The van der Waals surface area contributed by atoms with Crippen LogP contribution in [0.2, 0.25) is 5.15 Å². The minimum atomic E-state index is 0.285. The summed E-state index contributed by atoms with van der Waals surface area (Å²) in [5.74, 6) is 3.36. The van der Waals surface area contributed by atoms with E-state index in [4.69, 9.17) is 21.1 Å². The average molecular weight is 494 g/mol. The van der Waals surface area contributed by atoms with Crippen molar-refractivity contribution in [3.8, 4) is 34.5 Å². The minimum Gasteiger partial charge on any atom is -0.492 e. The molecule has 0 radical (unpaired) electrons. The first kappa shape index (κ1) is 25.8. The number of hydrogen-bond acceptors (Lipinski definition) is 9. The van der Waals surface area contributed by atoms with Crippen LogP contribution in [0, 0.1) is 5.92 Å². The smallest absolute Gasteiger partial charge is 0.180 e. The normalized spacial score (nSPS) is 11.3. The van der Waals surface area contributed by atoms with E-state index in [1.54, 1.807) is 25.7 Å². The Bertz CT molecular complexity index is 1210. The van der Waals surface area contributed by atoms with Crippen LogP contribution < -0.4 is 14.8 Å². The van der Waals surface area contributed by atoms with Gasteiger partial charge in [-0.2, -0.15) is 0 Å². The zero-order valence-corrected chi connectivity index (χ0v) is 21.1. The van der Waals surface area contributed by atoms with Gasteiger partial charge in [0.2, 0.25) is 0 Å². The van der Waals surface area contributed by atoms with Crippen LogP contribution in [0.25, 0.3) is 23.0 Å². The van der Waals surface area contributed by atoms with E-state index in [1.165, 1.54) is 13.3 Å². The molecule has 35 heavy (non-hydrogen) atoms. The molecule has 0 aromatic carbocycles. The highest BCUT2D eigenvalue weighted by Gasteiger charge is 2.14. The Kier molecular flexibility index (Phi) is 9.25. The number of aromatic nitrogens is 6. The van der Waals surface area contributed by atoms with Crippen molar-refractivity contribution in [2.24, 2.45) is 5.92 Å². The van der Waals surface area contributed by atoms with E-state index in [0.29, 0.717) is 40.6 Å². The third-order valence-electron chi connectivity index (χ3n) is 5.06. The number of nitrogens with one attached hydrogen (secondary N) is 1. The number of rotatable bonds is 7. The third kappa shape index (κ3) is 7.07. The van der Waals surface area contributed by atoms with Gasteiger partial charge in [0.15, 0.2) is 34.1 Å². The van der Waals surface area contributed by atoms with Crippen LogP contribution in [0.4, 0.5) is 5.82 Å². The maximum atomic E-state index is 5.88. The highest BCUT2D eigenvalue weighted by Crippen LogP contribution is 2.25. The molecular formula is C25H28ClN7O2. The van der Waals surface area contributed by atoms with Crippen molar-refractivity contribution in [1.82, 2.24) is 29.9 Å². The van der Waals surface area contributed by atoms with Gasteiger partial charge in [-0.15, -0.1) is 0 Å². The molecule has 1 unspecified atom stereocenters. The number of ether oxygens (including phenoxy) is 2. The molecule has 0 aliphatic heterocycles. The number of halogens is 1. The van der Waals surface area contributed by atoms with E-state index in [9.17, 15) is 0 Å². The van der Waals surface area contributed by atoms with Crippen LogP contribution in [-0.4, -0.2) is 50.2 Å². The van der Waals surface area contributed by atoms with Crippen LogP contribution >= 0.6 is 11.6 Å². The van der Waals surface area contributed by atoms with Crippen molar-refractivity contribution in [2.75, 3.05) is 19.5 Å². The second kappa shape index (κ2) is 12.6. The third-order valence-corrected chi connectivity index (χ3v) is 5.33. The van der Waals surface area contributed by atoms with E-state index in [0.717, 1.165) is 5.69 Å². The van der Waals surface area contributed by atoms with Gasteiger partial charge in [-0.3, -0.25) is 9.97 Å². The maximum Gasteiger partial charge on any atom is 0.180 e. The lowest BCUT2D eigenvalue weighted by atomic mass is 10.1. The second-order valence-corrected chi connectivity index (χ2v) is 8.13. The summed E-state index contributed by atoms with van der Waals surface area (Å²) in [5.41, 5.74) is 1.43. The van der Waals surface area contributed by atoms with Crippen LogP contribution in [0.3, 0.4) is 0 Å². The first-order chi connectivity index (χ1) is 16.9. The molecule has 4 rings (SSSR count). The predicted octanol–water partition coefficient (Wildman–Crippen LogP) is 5.20. The SMILES string of the molecule is COc1cnc(-c2ccccn2)nc1Cl.COc1cnc(-c2ccccn2)nc1NC(C)C(C)C. The quantitative estimate of drug-likeness (QED) is 0.347. The summed E-state index contributed by atoms with van der Waals surface area (Å²) >= 11 is 5.88. The molecule has 0 saturated heterocycles. The fraction of sp³-hybridized carbons (Fsp3) is 0.280. The van der Waals surface area contributed by atoms with Gasteiger partial charge in [0.05, 0.1) is 26.6 Å². The van der Waals surface area contributed by atoms with Crippen LogP contribution in [-0.2, 0) is 0 Å². The van der Waals surface area contributed by atoms with Crippen molar-refractivity contribution in [3.63, 3.8) is 0 Å². The van der Waals surface area contributed by atoms with Crippen molar-refractivity contribution in [2.45, 2.75) is 26.8 Å². The summed E-state index contributed by atoms with van der Waals surface area (Å²) in [6.07, 6.45) is 6.61. The molecule has 9 nitrogen and oxygen atoms in total. The molecule has 1 atom stereocenters. The monoisotopic (exact) mass is 493 g/mol. The molecule has 1 N–H and O–H groups in total. The van der Waals surface area contributed by atoms with Crippen molar-refractivity contribution < 1.29 is 9.47 Å². The summed E-state index contributed by atoms with van der Waals surface area (Å²) in [6.45, 7) is 6.43. The van der Waals surface area contributed by atoms with Gasteiger partial charge in [0.25, 0.3) is 0 Å². The van der Waals surface area contributed by atoms with E-state index in [2.05, 4.69) is 56.0 Å². The highest BCUT2D eigenvalue weighted by atomic mass is 35.5. The Morgan fingerprint density at radius 1 is 0.743 bits per heavy atom. The Balaban J connectivity index is 0.000000203. The van der Waals surface area contributed by atoms with Gasteiger partial charge >= 0.3 is 0 Å². The number of pyridine rings is 2. The lowest BCUT2D eigenvalue weighted by Crippen LogP contribution is -2.22. The summed E-state index contributed by atoms with van der Waals surface area (Å²) in [6, 6.07) is 11.5. The first-order valence-electron chi connectivity index (χ1n) is 11.0. The molecular weight excluding hydrogens is 466 g/mol. The highest BCUT2D eigenvalue weighted by molar-refractivity contribution is 6.30. The Hall–Kier alpha value is -3.85. The van der Waals surface area contributed by atoms with Gasteiger partial charge < -0.3 is 14.8 Å². The lowest BCUT2D eigenvalue weighted by molar-refractivity contribution is 0.411. The largest absolute Gasteiger partial charge is 0.492 e. The summed E-state index contributed by atoms with van der Waals surface area (Å²) < 4.78 is 10.3. The standard InChI is InChI=1S/C15H20N4O.C10H8ClN3O/c1-10(2)11(3)18-15-13(20-4)9-17-14(19-15)12-7-5-6-8-16-12;1-15-8-6-13-10(14-9(8)11)7-4-2-3-5-12-7/h5-11H,1-4H3,(H,17,18,19);2-6H,1H3. The van der Waals surface area contributed by atoms with E-state index in [1.807, 2.05) is 36.4 Å². The summed E-state index contributed by atoms with van der Waals surface area (Å²) in [5, 5.41) is 3.65. The van der Waals surface area contributed by atoms with Gasteiger partial charge in [0, 0.05) is 18.4 Å². The molecule has 0 fully saturated rings. The Morgan fingerprint density at radius 3 is 1.74 bits per heavy atom. The molecule has 4 aromatic heterocycles. The average Bonchev–Trinajstić information content (AvgIpc) is 2.90. The van der Waals surface area contributed by atoms with Gasteiger partial charge in [0.1, 0.15) is 11.4 Å². The fourth-order valence-corrected chi connectivity index (χ4v) is 2.94. The molecule has 0 aliphatic rings. The van der Waals surface area contributed by atoms with Crippen molar-refractivity contribution >= 4 is 17.4 Å². The van der Waals surface area contributed by atoms with Gasteiger partial charge in [-0.25, -0.2) is 19.9 Å². The van der Waals surface area contributed by atoms with Gasteiger partial charge in [-0.05, 0) is 37.1 Å². The van der Waals surface area contributed by atoms with Crippen LogP contribution in [0.15, 0.2) is 61.2 Å². The predicted molar refractivity (Wildman–Crippen MR) is 137 cm³/mol. The molecule has 4 aromatic rings. The topological polar surface area (TPSA) is 108 Å². The number of methoxy groups -OCH3 is 2. The molecule has 0 bridgehead atoms. The molecule has 0 spiro atoms. The number of hydrogen-bond donors (Lipinski definition) is 1. The van der Waals surface area contributed by atoms with Crippen molar-refractivity contribution in [3.05, 3.63) is 66.3 Å². The van der Waals surface area contributed by atoms with Gasteiger partial charge in [-0.1, -0.05) is 37.6 Å². The summed E-state index contributed by atoms with van der Waals surface area (Å²) in [7, 11) is 3.13.